The third-order valence-corrected chi connectivity index (χ3v) is 6.56. The van der Waals surface area contributed by atoms with Crippen molar-refractivity contribution < 1.29 is 4.79 Å². The van der Waals surface area contributed by atoms with Gasteiger partial charge < -0.3 is 4.90 Å². The minimum atomic E-state index is -0.233. The quantitative estimate of drug-likeness (QED) is 0.775. The largest absolute Gasteiger partial charge is 0.344 e. The number of aromatic amines is 1. The fraction of sp³-hybridized carbons (Fsp3) is 0.550. The van der Waals surface area contributed by atoms with Crippen LogP contribution in [0.2, 0.25) is 0 Å². The van der Waals surface area contributed by atoms with Crippen LogP contribution in [0.5, 0.6) is 0 Å². The van der Waals surface area contributed by atoms with Crippen LogP contribution in [-0.2, 0) is 11.2 Å². The zero-order chi connectivity index (χ0) is 18.8. The summed E-state index contributed by atoms with van der Waals surface area (Å²) in [6.07, 6.45) is 5.23. The molecule has 2 aliphatic rings. The summed E-state index contributed by atoms with van der Waals surface area (Å²) in [6.45, 7) is 3.55. The number of likely N-dealkylation sites (tertiary alicyclic amines) is 1. The van der Waals surface area contributed by atoms with Crippen LogP contribution >= 0.6 is 11.8 Å². The van der Waals surface area contributed by atoms with E-state index in [0.29, 0.717) is 11.1 Å². The number of hydrogen-bond acceptors (Lipinski definition) is 4. The van der Waals surface area contributed by atoms with Crippen molar-refractivity contribution in [3.63, 3.8) is 0 Å². The summed E-state index contributed by atoms with van der Waals surface area (Å²) in [7, 11) is 0. The van der Waals surface area contributed by atoms with Gasteiger partial charge in [-0.15, -0.1) is 5.10 Å². The molecule has 2 aromatic rings. The molecule has 144 valence electrons. The van der Waals surface area contributed by atoms with Gasteiger partial charge >= 0.3 is 5.69 Å². The zero-order valence-electron chi connectivity index (χ0n) is 15.6. The molecule has 2 fully saturated rings. The molecule has 1 aliphatic heterocycles. The highest BCUT2D eigenvalue weighted by Crippen LogP contribution is 2.37. The average Bonchev–Trinajstić information content (AvgIpc) is 3.46. The molecule has 0 unspecified atom stereocenters. The molecule has 1 saturated carbocycles. The SMILES string of the molecule is C[C@@H](Sc1n[nH]c(=O)n1C1CC1)C(=O)N1CCC(Cc2ccccc2)CC1. The molecule has 1 aromatic carbocycles. The van der Waals surface area contributed by atoms with E-state index in [1.165, 1.54) is 17.3 Å². The predicted molar refractivity (Wildman–Crippen MR) is 106 cm³/mol. The second-order valence-corrected chi connectivity index (χ2v) is 8.94. The normalized spacial score (nSPS) is 19.2. The van der Waals surface area contributed by atoms with Gasteiger partial charge in [0.15, 0.2) is 5.16 Å². The molecule has 1 aliphatic carbocycles. The van der Waals surface area contributed by atoms with Gasteiger partial charge in [0, 0.05) is 19.1 Å². The van der Waals surface area contributed by atoms with Crippen molar-refractivity contribution in [2.75, 3.05) is 13.1 Å². The number of amides is 1. The Morgan fingerprint density at radius 2 is 1.93 bits per heavy atom. The predicted octanol–water partition coefficient (Wildman–Crippen LogP) is 2.87. The number of thioether (sulfide) groups is 1. The summed E-state index contributed by atoms with van der Waals surface area (Å²) in [5, 5.41) is 7.05. The number of rotatable bonds is 6. The number of nitrogens with zero attached hydrogens (tertiary/aromatic N) is 3. The maximum atomic E-state index is 12.9. The van der Waals surface area contributed by atoms with Gasteiger partial charge in [-0.3, -0.25) is 9.36 Å². The molecule has 27 heavy (non-hydrogen) atoms. The van der Waals surface area contributed by atoms with Crippen LogP contribution in [0.4, 0.5) is 0 Å². The molecule has 0 spiro atoms. The molecule has 1 N–H and O–H groups in total. The molecular formula is C20H26N4O2S. The topological polar surface area (TPSA) is 71.0 Å². The molecule has 1 amide bonds. The Balaban J connectivity index is 1.30. The maximum Gasteiger partial charge on any atom is 0.344 e. The van der Waals surface area contributed by atoms with Crippen molar-refractivity contribution in [2.24, 2.45) is 5.92 Å². The lowest BCUT2D eigenvalue weighted by atomic mass is 9.90. The molecule has 0 radical (unpaired) electrons. The minimum absolute atomic E-state index is 0.149. The highest BCUT2D eigenvalue weighted by molar-refractivity contribution is 8.00. The molecular weight excluding hydrogens is 360 g/mol. The molecule has 2 heterocycles. The van der Waals surface area contributed by atoms with Crippen molar-refractivity contribution in [3.8, 4) is 0 Å². The summed E-state index contributed by atoms with van der Waals surface area (Å²) in [6, 6.07) is 10.8. The smallest absolute Gasteiger partial charge is 0.342 e. The zero-order valence-corrected chi connectivity index (χ0v) is 16.5. The number of benzene rings is 1. The number of hydrogen-bond donors (Lipinski definition) is 1. The van der Waals surface area contributed by atoms with E-state index in [4.69, 9.17) is 0 Å². The van der Waals surface area contributed by atoms with E-state index < -0.39 is 0 Å². The van der Waals surface area contributed by atoms with Gasteiger partial charge in [0.05, 0.1) is 5.25 Å². The van der Waals surface area contributed by atoms with Crippen molar-refractivity contribution in [1.29, 1.82) is 0 Å². The number of aromatic nitrogens is 3. The van der Waals surface area contributed by atoms with E-state index in [2.05, 4.69) is 34.5 Å². The number of nitrogens with one attached hydrogen (secondary N) is 1. The molecule has 1 saturated heterocycles. The van der Waals surface area contributed by atoms with Crippen molar-refractivity contribution in [1.82, 2.24) is 19.7 Å². The van der Waals surface area contributed by atoms with E-state index in [-0.39, 0.29) is 22.9 Å². The molecule has 1 aromatic heterocycles. The van der Waals surface area contributed by atoms with Crippen LogP contribution in [0.25, 0.3) is 0 Å². The second-order valence-electron chi connectivity index (χ2n) is 7.63. The van der Waals surface area contributed by atoms with Crippen molar-refractivity contribution in [3.05, 3.63) is 46.4 Å². The summed E-state index contributed by atoms with van der Waals surface area (Å²) in [5.74, 6) is 0.793. The first-order chi connectivity index (χ1) is 13.1. The fourth-order valence-electron chi connectivity index (χ4n) is 3.80. The Hall–Kier alpha value is -2.02. The van der Waals surface area contributed by atoms with Crippen molar-refractivity contribution >= 4 is 17.7 Å². The van der Waals surface area contributed by atoms with Gasteiger partial charge in [-0.1, -0.05) is 42.1 Å². The average molecular weight is 387 g/mol. The monoisotopic (exact) mass is 386 g/mol. The molecule has 4 rings (SSSR count). The lowest BCUT2D eigenvalue weighted by Crippen LogP contribution is -2.42. The Labute approximate surface area is 163 Å². The van der Waals surface area contributed by atoms with E-state index in [9.17, 15) is 9.59 Å². The fourth-order valence-corrected chi connectivity index (χ4v) is 4.81. The summed E-state index contributed by atoms with van der Waals surface area (Å²) < 4.78 is 1.71. The lowest BCUT2D eigenvalue weighted by Gasteiger charge is -2.33. The number of carbonyl (C=O) groups is 1. The van der Waals surface area contributed by atoms with Crippen molar-refractivity contribution in [2.45, 2.75) is 55.5 Å². The van der Waals surface area contributed by atoms with Gasteiger partial charge in [-0.05, 0) is 50.5 Å². The Morgan fingerprint density at radius 3 is 2.59 bits per heavy atom. The van der Waals surface area contributed by atoms with E-state index in [1.54, 1.807) is 4.57 Å². The maximum absolute atomic E-state index is 12.9. The van der Waals surface area contributed by atoms with Crippen LogP contribution in [0.1, 0.15) is 44.2 Å². The second kappa shape index (κ2) is 7.92. The highest BCUT2D eigenvalue weighted by Gasteiger charge is 2.31. The van der Waals surface area contributed by atoms with E-state index in [0.717, 1.165) is 45.2 Å². The van der Waals surface area contributed by atoms with Gasteiger partial charge in [0.25, 0.3) is 0 Å². The van der Waals surface area contributed by atoms with Crippen LogP contribution in [0, 0.1) is 5.92 Å². The minimum Gasteiger partial charge on any atom is -0.342 e. The standard InChI is InChI=1S/C20H26N4O2S/c1-14(27-20-22-21-19(26)24(20)17-7-8-17)18(25)23-11-9-16(10-12-23)13-15-5-3-2-4-6-15/h2-6,14,16-17H,7-13H2,1H3,(H,21,26)/t14-/m1/s1. The molecule has 1 atom stereocenters. The number of H-pyrrole nitrogens is 1. The van der Waals surface area contributed by atoms with Crippen LogP contribution < -0.4 is 5.69 Å². The summed E-state index contributed by atoms with van der Waals surface area (Å²) >= 11 is 1.39. The molecule has 0 bridgehead atoms. The number of carbonyl (C=O) groups excluding carboxylic acids is 1. The van der Waals surface area contributed by atoms with E-state index >= 15 is 0 Å². The molecule has 7 heteroatoms. The third-order valence-electron chi connectivity index (χ3n) is 5.51. The van der Waals surface area contributed by atoms with Gasteiger partial charge in [-0.2, -0.15) is 0 Å². The van der Waals surface area contributed by atoms with Crippen LogP contribution in [0.15, 0.2) is 40.3 Å². The number of piperidine rings is 1. The summed E-state index contributed by atoms with van der Waals surface area (Å²) in [5.41, 5.74) is 1.21. The van der Waals surface area contributed by atoms with Crippen LogP contribution in [-0.4, -0.2) is 43.9 Å². The first kappa shape index (κ1) is 18.3. The first-order valence-corrected chi connectivity index (χ1v) is 10.7. The first-order valence-electron chi connectivity index (χ1n) is 9.78. The van der Waals surface area contributed by atoms with Gasteiger partial charge in [0.1, 0.15) is 0 Å². The lowest BCUT2D eigenvalue weighted by molar-refractivity contribution is -0.131. The third kappa shape index (κ3) is 4.29. The van der Waals surface area contributed by atoms with E-state index in [1.807, 2.05) is 17.9 Å². The van der Waals surface area contributed by atoms with Gasteiger partial charge in [-0.25, -0.2) is 9.89 Å². The van der Waals surface area contributed by atoms with Gasteiger partial charge in [0.2, 0.25) is 5.91 Å². The Bertz CT molecular complexity index is 835. The van der Waals surface area contributed by atoms with Crippen LogP contribution in [0.3, 0.4) is 0 Å². The highest BCUT2D eigenvalue weighted by atomic mass is 32.2. The Kier molecular flexibility index (Phi) is 5.38. The molecule has 6 nitrogen and oxygen atoms in total. The Morgan fingerprint density at radius 1 is 1.22 bits per heavy atom. The summed E-state index contributed by atoms with van der Waals surface area (Å²) in [4.78, 5) is 26.7.